The third-order valence-electron chi connectivity index (χ3n) is 6.23. The minimum atomic E-state index is -1.05. The zero-order valence-electron chi connectivity index (χ0n) is 19.0. The van der Waals surface area contributed by atoms with E-state index in [0.29, 0.717) is 5.69 Å². The summed E-state index contributed by atoms with van der Waals surface area (Å²) in [4.78, 5) is 41.5. The van der Waals surface area contributed by atoms with Crippen LogP contribution in [0.3, 0.4) is 0 Å². The molecule has 1 aromatic heterocycles. The molecule has 0 spiro atoms. The smallest absolute Gasteiger partial charge is 0.412 e. The molecule has 184 valence electrons. The van der Waals surface area contributed by atoms with E-state index >= 15 is 0 Å². The average molecular weight is 492 g/mol. The zero-order chi connectivity index (χ0) is 25.2. The topological polar surface area (TPSA) is 101 Å². The van der Waals surface area contributed by atoms with Gasteiger partial charge in [0.15, 0.2) is 0 Å². The Morgan fingerprint density at radius 2 is 1.78 bits per heavy atom. The summed E-state index contributed by atoms with van der Waals surface area (Å²) in [5.74, 6) is -3.91. The highest BCUT2D eigenvalue weighted by Crippen LogP contribution is 2.33. The number of halogens is 2. The lowest BCUT2D eigenvalue weighted by molar-refractivity contribution is -0.134. The summed E-state index contributed by atoms with van der Waals surface area (Å²) in [5.41, 5.74) is 2.23. The first kappa shape index (κ1) is 23.4. The molecule has 8 nitrogen and oxygen atoms in total. The van der Waals surface area contributed by atoms with E-state index in [1.807, 2.05) is 30.3 Å². The van der Waals surface area contributed by atoms with E-state index in [1.165, 1.54) is 0 Å². The lowest BCUT2D eigenvalue weighted by Gasteiger charge is -2.40. The minimum absolute atomic E-state index is 0.0264. The molecule has 2 saturated heterocycles. The van der Waals surface area contributed by atoms with Crippen LogP contribution in [0.2, 0.25) is 0 Å². The quantitative estimate of drug-likeness (QED) is 0.523. The molecule has 2 N–H and O–H groups in total. The number of nitrogens with one attached hydrogen (secondary N) is 2. The molecule has 0 radical (unpaired) electrons. The summed E-state index contributed by atoms with van der Waals surface area (Å²) in [5, 5.41) is 4.78. The monoisotopic (exact) mass is 492 g/mol. The van der Waals surface area contributed by atoms with Gasteiger partial charge in [-0.1, -0.05) is 18.2 Å². The maximum absolute atomic E-state index is 14.7. The van der Waals surface area contributed by atoms with Gasteiger partial charge in [0.05, 0.1) is 24.7 Å². The fourth-order valence-corrected chi connectivity index (χ4v) is 4.34. The highest BCUT2D eigenvalue weighted by molar-refractivity contribution is 6.01. The normalized spacial score (nSPS) is 17.8. The number of benzene rings is 2. The number of ether oxygens (including phenoxy) is 1. The average Bonchev–Trinajstić information content (AvgIpc) is 2.83. The lowest BCUT2D eigenvalue weighted by Crippen LogP contribution is -2.53. The molecule has 1 atom stereocenters. The number of hydrogen-bond acceptors (Lipinski definition) is 6. The third-order valence-corrected chi connectivity index (χ3v) is 6.23. The summed E-state index contributed by atoms with van der Waals surface area (Å²) in [6, 6.07) is 15.1. The second-order valence-corrected chi connectivity index (χ2v) is 8.68. The van der Waals surface area contributed by atoms with Gasteiger partial charge in [0.2, 0.25) is 11.8 Å². The highest BCUT2D eigenvalue weighted by atomic mass is 19.1. The molecule has 2 aliphatic rings. The van der Waals surface area contributed by atoms with Crippen molar-refractivity contribution in [3.63, 3.8) is 0 Å². The Balaban J connectivity index is 1.15. The second-order valence-electron chi connectivity index (χ2n) is 8.68. The number of piperidine rings is 1. The third kappa shape index (κ3) is 4.88. The summed E-state index contributed by atoms with van der Waals surface area (Å²) in [6.45, 7) is 0.533. The molecule has 3 aromatic rings. The molecule has 0 aliphatic carbocycles. The number of amides is 3. The maximum atomic E-state index is 14.7. The van der Waals surface area contributed by atoms with E-state index in [-0.39, 0.29) is 37.2 Å². The predicted molar refractivity (Wildman–Crippen MR) is 127 cm³/mol. The van der Waals surface area contributed by atoms with Gasteiger partial charge in [-0.25, -0.2) is 13.6 Å². The van der Waals surface area contributed by atoms with Crippen LogP contribution in [0.1, 0.15) is 24.3 Å². The molecule has 2 aliphatic heterocycles. The number of aromatic nitrogens is 1. The highest BCUT2D eigenvalue weighted by Gasteiger charge is 2.35. The van der Waals surface area contributed by atoms with Crippen molar-refractivity contribution in [3.05, 3.63) is 78.0 Å². The van der Waals surface area contributed by atoms with E-state index < -0.39 is 41.6 Å². The molecule has 36 heavy (non-hydrogen) atoms. The molecule has 0 saturated carbocycles. The zero-order valence-corrected chi connectivity index (χ0v) is 19.0. The largest absolute Gasteiger partial charge is 0.442 e. The first-order valence-electron chi connectivity index (χ1n) is 11.4. The van der Waals surface area contributed by atoms with Crippen molar-refractivity contribution < 1.29 is 27.9 Å². The van der Waals surface area contributed by atoms with Gasteiger partial charge in [-0.15, -0.1) is 0 Å². The molecule has 2 aromatic carbocycles. The van der Waals surface area contributed by atoms with E-state index in [9.17, 15) is 23.2 Å². The Hall–Kier alpha value is -4.34. The fraction of sp³-hybridized carbons (Fsp3) is 0.231. The Bertz CT molecular complexity index is 1290. The number of anilines is 2. The van der Waals surface area contributed by atoms with Crippen molar-refractivity contribution >= 4 is 29.3 Å². The van der Waals surface area contributed by atoms with Crippen LogP contribution in [0, 0.1) is 11.6 Å². The Morgan fingerprint density at radius 1 is 1.06 bits per heavy atom. The van der Waals surface area contributed by atoms with Gasteiger partial charge in [0.25, 0.3) is 0 Å². The summed E-state index contributed by atoms with van der Waals surface area (Å²) < 4.78 is 34.9. The summed E-state index contributed by atoms with van der Waals surface area (Å²) in [7, 11) is 0. The Morgan fingerprint density at radius 3 is 2.42 bits per heavy atom. The van der Waals surface area contributed by atoms with E-state index in [4.69, 9.17) is 4.74 Å². The molecular formula is C26H22F2N4O4. The van der Waals surface area contributed by atoms with Crippen LogP contribution in [-0.2, 0) is 14.3 Å². The summed E-state index contributed by atoms with van der Waals surface area (Å²) in [6.07, 6.45) is 0.711. The van der Waals surface area contributed by atoms with Crippen molar-refractivity contribution in [2.75, 3.05) is 23.3 Å². The van der Waals surface area contributed by atoms with Crippen molar-refractivity contribution in [2.45, 2.75) is 24.9 Å². The van der Waals surface area contributed by atoms with Crippen LogP contribution < -0.4 is 15.5 Å². The van der Waals surface area contributed by atoms with Crippen LogP contribution in [0.15, 0.2) is 60.8 Å². The molecule has 1 unspecified atom stereocenters. The Kier molecular flexibility index (Phi) is 6.32. The molecule has 10 heteroatoms. The number of carbonyl (C=O) groups excluding carboxylic acids is 3. The van der Waals surface area contributed by atoms with Gasteiger partial charge in [-0.05, 0) is 42.8 Å². The van der Waals surface area contributed by atoms with Crippen LogP contribution in [0.5, 0.6) is 0 Å². The standard InChI is InChI=1S/C26H22F2N4O4/c27-20-11-17(12-21(28)24(20)19-8-9-23(33)31-25(19)34)32-13-18(14-32)36-26(35)30-16-6-4-15(5-7-16)22-3-1-2-10-29-22/h1-7,10-12,18-19H,8-9,13-14H2,(H,30,35)(H,31,33,34). The van der Waals surface area contributed by atoms with Gasteiger partial charge in [0, 0.05) is 35.1 Å². The van der Waals surface area contributed by atoms with Gasteiger partial charge < -0.3 is 9.64 Å². The van der Waals surface area contributed by atoms with E-state index in [1.54, 1.807) is 23.2 Å². The van der Waals surface area contributed by atoms with Crippen molar-refractivity contribution in [3.8, 4) is 11.3 Å². The lowest BCUT2D eigenvalue weighted by atomic mass is 9.89. The first-order valence-corrected chi connectivity index (χ1v) is 11.4. The molecular weight excluding hydrogens is 470 g/mol. The molecule has 2 fully saturated rings. The Labute approximate surface area is 205 Å². The number of nitrogens with zero attached hydrogens (tertiary/aromatic N) is 2. The number of carbonyl (C=O) groups is 3. The molecule has 0 bridgehead atoms. The SMILES string of the molecule is O=C1CCC(c2c(F)cc(N3CC(OC(=O)Nc4ccc(-c5ccccn5)cc4)C3)cc2F)C(=O)N1. The number of rotatable bonds is 5. The second kappa shape index (κ2) is 9.73. The fourth-order valence-electron chi connectivity index (χ4n) is 4.34. The van der Waals surface area contributed by atoms with E-state index in [0.717, 1.165) is 23.4 Å². The maximum Gasteiger partial charge on any atom is 0.412 e. The van der Waals surface area contributed by atoms with Gasteiger partial charge in [-0.2, -0.15) is 0 Å². The van der Waals surface area contributed by atoms with Crippen LogP contribution in [-0.4, -0.2) is 42.1 Å². The van der Waals surface area contributed by atoms with Crippen LogP contribution >= 0.6 is 0 Å². The van der Waals surface area contributed by atoms with Crippen LogP contribution in [0.4, 0.5) is 25.0 Å². The van der Waals surface area contributed by atoms with Gasteiger partial charge in [0.1, 0.15) is 17.7 Å². The van der Waals surface area contributed by atoms with E-state index in [2.05, 4.69) is 15.6 Å². The number of pyridine rings is 1. The number of imide groups is 1. The van der Waals surface area contributed by atoms with Crippen molar-refractivity contribution in [1.29, 1.82) is 0 Å². The molecule has 5 rings (SSSR count). The minimum Gasteiger partial charge on any atom is -0.442 e. The van der Waals surface area contributed by atoms with Crippen molar-refractivity contribution in [2.24, 2.45) is 0 Å². The first-order chi connectivity index (χ1) is 17.4. The number of hydrogen-bond donors (Lipinski definition) is 2. The molecule has 3 amide bonds. The molecule has 3 heterocycles. The summed E-state index contributed by atoms with van der Waals surface area (Å²) >= 11 is 0. The van der Waals surface area contributed by atoms with Crippen molar-refractivity contribution in [1.82, 2.24) is 10.3 Å². The van der Waals surface area contributed by atoms with Gasteiger partial charge in [-0.3, -0.25) is 25.2 Å². The van der Waals surface area contributed by atoms with Gasteiger partial charge >= 0.3 is 6.09 Å². The van der Waals surface area contributed by atoms with Crippen LogP contribution in [0.25, 0.3) is 11.3 Å². The predicted octanol–water partition coefficient (Wildman–Crippen LogP) is 3.98.